The van der Waals surface area contributed by atoms with Crippen molar-refractivity contribution in [2.45, 2.75) is 31.7 Å². The second-order valence-corrected chi connectivity index (χ2v) is 9.51. The zero-order valence-corrected chi connectivity index (χ0v) is 19.8. The van der Waals surface area contributed by atoms with E-state index in [9.17, 15) is 9.59 Å². The maximum atomic E-state index is 14.1. The summed E-state index contributed by atoms with van der Waals surface area (Å²) in [6.45, 7) is 1.77. The van der Waals surface area contributed by atoms with Crippen LogP contribution in [-0.4, -0.2) is 30.0 Å². The molecule has 6 rings (SSSR count). The Labute approximate surface area is 201 Å². The Bertz CT molecular complexity index is 1480. The highest BCUT2D eigenvalue weighted by Gasteiger charge is 2.47. The summed E-state index contributed by atoms with van der Waals surface area (Å²) in [4.78, 5) is 28.3. The van der Waals surface area contributed by atoms with Crippen LogP contribution >= 0.6 is 11.6 Å². The summed E-state index contributed by atoms with van der Waals surface area (Å²) in [5, 5.41) is 9.90. The molecule has 0 saturated heterocycles. The predicted molar refractivity (Wildman–Crippen MR) is 129 cm³/mol. The van der Waals surface area contributed by atoms with E-state index in [1.807, 2.05) is 42.1 Å². The molecule has 1 aliphatic carbocycles. The quantitative estimate of drug-likeness (QED) is 0.449. The van der Waals surface area contributed by atoms with Gasteiger partial charge in [0.05, 0.1) is 28.8 Å². The van der Waals surface area contributed by atoms with Crippen molar-refractivity contribution in [3.63, 3.8) is 0 Å². The molecule has 0 radical (unpaired) electrons. The minimum absolute atomic E-state index is 0.0873. The van der Waals surface area contributed by atoms with Crippen LogP contribution in [0.25, 0.3) is 5.82 Å². The first-order valence-corrected chi connectivity index (χ1v) is 11.6. The van der Waals surface area contributed by atoms with Gasteiger partial charge in [-0.05, 0) is 43.5 Å². The molecule has 1 atom stereocenters. The third kappa shape index (κ3) is 3.05. The van der Waals surface area contributed by atoms with Gasteiger partial charge in [-0.15, -0.1) is 0 Å². The van der Waals surface area contributed by atoms with Crippen molar-refractivity contribution < 1.29 is 4.79 Å². The summed E-state index contributed by atoms with van der Waals surface area (Å²) in [5.41, 5.74) is 4.36. The lowest BCUT2D eigenvalue weighted by atomic mass is 10.0. The number of aryl methyl sites for hydroxylation is 3. The van der Waals surface area contributed by atoms with Gasteiger partial charge in [0.15, 0.2) is 5.82 Å². The molecule has 1 fully saturated rings. The summed E-state index contributed by atoms with van der Waals surface area (Å²) in [6, 6.07) is 10.8. The number of amides is 1. The van der Waals surface area contributed by atoms with Crippen molar-refractivity contribution in [1.82, 2.24) is 24.1 Å². The lowest BCUT2D eigenvalue weighted by Crippen LogP contribution is -2.32. The van der Waals surface area contributed by atoms with Crippen molar-refractivity contribution in [3.8, 4) is 5.82 Å². The van der Waals surface area contributed by atoms with Crippen LogP contribution in [0.3, 0.4) is 0 Å². The average molecular weight is 475 g/mol. The van der Waals surface area contributed by atoms with Crippen LogP contribution in [-0.2, 0) is 14.1 Å². The Kier molecular flexibility index (Phi) is 4.57. The van der Waals surface area contributed by atoms with Crippen LogP contribution in [0.4, 0.5) is 5.69 Å². The summed E-state index contributed by atoms with van der Waals surface area (Å²) in [5.74, 6) is 0.955. The Morgan fingerprint density at radius 1 is 1.06 bits per heavy atom. The molecule has 0 spiro atoms. The van der Waals surface area contributed by atoms with Gasteiger partial charge in [-0.2, -0.15) is 10.2 Å². The molecule has 0 unspecified atom stereocenters. The maximum Gasteiger partial charge on any atom is 0.263 e. The van der Waals surface area contributed by atoms with Gasteiger partial charge in [0.1, 0.15) is 6.04 Å². The Morgan fingerprint density at radius 3 is 2.41 bits per heavy atom. The number of pyridine rings is 1. The number of hydrogen-bond donors (Lipinski definition) is 0. The van der Waals surface area contributed by atoms with E-state index in [4.69, 9.17) is 16.7 Å². The van der Waals surface area contributed by atoms with Crippen LogP contribution < -0.4 is 10.5 Å². The van der Waals surface area contributed by atoms with Gasteiger partial charge >= 0.3 is 0 Å². The molecule has 34 heavy (non-hydrogen) atoms. The minimum atomic E-state index is -0.438. The molecule has 3 aromatic heterocycles. The first-order valence-electron chi connectivity index (χ1n) is 11.2. The average Bonchev–Trinajstić information content (AvgIpc) is 3.35. The van der Waals surface area contributed by atoms with E-state index in [0.717, 1.165) is 35.6 Å². The number of nitrogens with zero attached hydrogens (tertiary/aromatic N) is 6. The van der Waals surface area contributed by atoms with E-state index in [2.05, 4.69) is 5.10 Å². The number of anilines is 1. The van der Waals surface area contributed by atoms with E-state index in [1.54, 1.807) is 42.0 Å². The van der Waals surface area contributed by atoms with Crippen molar-refractivity contribution in [1.29, 1.82) is 0 Å². The minimum Gasteiger partial charge on any atom is -0.316 e. The zero-order valence-electron chi connectivity index (χ0n) is 19.1. The van der Waals surface area contributed by atoms with Gasteiger partial charge in [0.2, 0.25) is 0 Å². The fourth-order valence-corrected chi connectivity index (χ4v) is 5.00. The third-order valence-electron chi connectivity index (χ3n) is 6.69. The molecule has 0 N–H and O–H groups in total. The number of carbonyl (C=O) groups excluding carboxylic acids is 1. The monoisotopic (exact) mass is 474 g/mol. The SMILES string of the molecule is Cc1cc(N2C(=O)c3c(C4CC4)nn(-c4ccnn4C)c3[C@@H]2c2ccc(Cl)cc2)cn(C)c1=O. The fraction of sp³-hybridized carbons (Fsp3) is 0.280. The highest BCUT2D eigenvalue weighted by atomic mass is 35.5. The summed E-state index contributed by atoms with van der Waals surface area (Å²) in [7, 11) is 3.57. The highest BCUT2D eigenvalue weighted by molar-refractivity contribution is 6.30. The number of hydrogen-bond acceptors (Lipinski definition) is 4. The number of halogens is 1. The number of carbonyl (C=O) groups is 1. The van der Waals surface area contributed by atoms with E-state index in [-0.39, 0.29) is 17.4 Å². The van der Waals surface area contributed by atoms with Gasteiger partial charge < -0.3 is 4.57 Å². The third-order valence-corrected chi connectivity index (χ3v) is 6.94. The van der Waals surface area contributed by atoms with E-state index < -0.39 is 6.04 Å². The van der Waals surface area contributed by atoms with Crippen molar-refractivity contribution in [3.05, 3.63) is 92.2 Å². The topological polar surface area (TPSA) is 78.0 Å². The number of rotatable bonds is 4. The van der Waals surface area contributed by atoms with Gasteiger partial charge in [-0.1, -0.05) is 23.7 Å². The van der Waals surface area contributed by atoms with Crippen LogP contribution in [0.2, 0.25) is 5.02 Å². The molecule has 1 aliphatic heterocycles. The fourth-order valence-electron chi connectivity index (χ4n) is 4.88. The molecule has 9 heteroatoms. The highest BCUT2D eigenvalue weighted by Crippen LogP contribution is 2.49. The molecule has 172 valence electrons. The lowest BCUT2D eigenvalue weighted by Gasteiger charge is -2.27. The molecule has 2 aliphatic rings. The van der Waals surface area contributed by atoms with Crippen molar-refractivity contribution in [2.24, 2.45) is 14.1 Å². The maximum absolute atomic E-state index is 14.1. The zero-order chi connectivity index (χ0) is 23.7. The van der Waals surface area contributed by atoms with E-state index in [0.29, 0.717) is 21.8 Å². The largest absolute Gasteiger partial charge is 0.316 e. The summed E-state index contributed by atoms with van der Waals surface area (Å²) >= 11 is 6.20. The smallest absolute Gasteiger partial charge is 0.263 e. The van der Waals surface area contributed by atoms with E-state index in [1.165, 1.54) is 4.57 Å². The Morgan fingerprint density at radius 2 is 1.79 bits per heavy atom. The number of benzene rings is 1. The molecule has 1 aromatic carbocycles. The number of fused-ring (bicyclic) bond motifs is 1. The number of aromatic nitrogens is 5. The van der Waals surface area contributed by atoms with Crippen molar-refractivity contribution >= 4 is 23.2 Å². The first-order chi connectivity index (χ1) is 16.3. The van der Waals surface area contributed by atoms with Gasteiger partial charge in [-0.3, -0.25) is 19.2 Å². The predicted octanol–water partition coefficient (Wildman–Crippen LogP) is 3.89. The lowest BCUT2D eigenvalue weighted by molar-refractivity contribution is 0.0992. The molecule has 0 bridgehead atoms. The second-order valence-electron chi connectivity index (χ2n) is 9.07. The van der Waals surface area contributed by atoms with Gasteiger partial charge in [-0.25, -0.2) is 4.68 Å². The van der Waals surface area contributed by atoms with E-state index >= 15 is 0 Å². The van der Waals surface area contributed by atoms with Crippen LogP contribution in [0.5, 0.6) is 0 Å². The van der Waals surface area contributed by atoms with Gasteiger partial charge in [0, 0.05) is 42.9 Å². The van der Waals surface area contributed by atoms with Crippen LogP contribution in [0.1, 0.15) is 57.7 Å². The second kappa shape index (κ2) is 7.43. The molecule has 8 nitrogen and oxygen atoms in total. The standard InChI is InChI=1S/C25H23ClN6O2/c1-14-12-18(13-29(2)24(14)33)31-22(16-6-8-17(26)9-7-16)23-20(25(31)34)21(15-4-5-15)28-32(23)19-10-11-27-30(19)3/h6-13,15,22H,4-5H2,1-3H3/t22-/m0/s1. The normalized spacial score (nSPS) is 17.5. The molecule has 1 amide bonds. The molecule has 4 heterocycles. The van der Waals surface area contributed by atoms with Crippen LogP contribution in [0.15, 0.2) is 53.6 Å². The summed E-state index contributed by atoms with van der Waals surface area (Å²) in [6.07, 6.45) is 5.49. The molecule has 1 saturated carbocycles. The first kappa shape index (κ1) is 20.9. The Balaban J connectivity index is 1.64. The molecule has 4 aromatic rings. The summed E-state index contributed by atoms with van der Waals surface area (Å²) < 4.78 is 5.14. The Hall–Kier alpha value is -3.65. The van der Waals surface area contributed by atoms with Crippen molar-refractivity contribution in [2.75, 3.05) is 4.90 Å². The molecular formula is C25H23ClN6O2. The van der Waals surface area contributed by atoms with Crippen LogP contribution in [0, 0.1) is 6.92 Å². The molecular weight excluding hydrogens is 452 g/mol. The van der Waals surface area contributed by atoms with Gasteiger partial charge in [0.25, 0.3) is 11.5 Å².